The molecule has 2 aromatic carbocycles. The molecule has 9 heteroatoms. The molecular weight excluding hydrogens is 420 g/mol. The third kappa shape index (κ3) is 3.53. The van der Waals surface area contributed by atoms with E-state index in [1.165, 1.54) is 6.33 Å². The zero-order chi connectivity index (χ0) is 23.1. The monoisotopic (exact) mass is 440 g/mol. The molecule has 1 aliphatic heterocycles. The lowest BCUT2D eigenvalue weighted by molar-refractivity contribution is -0.116. The Morgan fingerprint density at radius 2 is 1.73 bits per heavy atom. The van der Waals surface area contributed by atoms with E-state index in [9.17, 15) is 14.4 Å². The topological polar surface area (TPSA) is 110 Å². The number of aryl methyl sites for hydroxylation is 2. The number of carbonyl (C=O) groups excluding carboxylic acids is 3. The van der Waals surface area contributed by atoms with Gasteiger partial charge in [-0.2, -0.15) is 10.1 Å². The molecule has 0 bridgehead atoms. The maximum Gasteiger partial charge on any atom is 0.266 e. The minimum absolute atomic E-state index is 0.188. The summed E-state index contributed by atoms with van der Waals surface area (Å²) in [5, 5.41) is 7.03. The van der Waals surface area contributed by atoms with Crippen molar-refractivity contribution in [3.05, 3.63) is 82.9 Å². The number of fused-ring (bicyclic) bond motifs is 2. The molecule has 1 aliphatic rings. The predicted molar refractivity (Wildman–Crippen MR) is 121 cm³/mol. The second-order valence-electron chi connectivity index (χ2n) is 7.82. The lowest BCUT2D eigenvalue weighted by Gasteiger charge is -2.15. The Labute approximate surface area is 189 Å². The van der Waals surface area contributed by atoms with Gasteiger partial charge in [0.05, 0.1) is 16.8 Å². The summed E-state index contributed by atoms with van der Waals surface area (Å²) in [6.07, 6.45) is 2.18. The van der Waals surface area contributed by atoms with Crippen molar-refractivity contribution in [3.63, 3.8) is 0 Å². The van der Waals surface area contributed by atoms with E-state index < -0.39 is 0 Å². The van der Waals surface area contributed by atoms with Crippen LogP contribution in [0.4, 0.5) is 11.4 Å². The van der Waals surface area contributed by atoms with Crippen molar-refractivity contribution < 1.29 is 14.4 Å². The number of carbonyl (C=O) groups is 3. The summed E-state index contributed by atoms with van der Waals surface area (Å²) in [4.78, 5) is 47.8. The van der Waals surface area contributed by atoms with Crippen LogP contribution >= 0.6 is 0 Å². The first-order valence-electron chi connectivity index (χ1n) is 10.5. The molecule has 0 spiro atoms. The van der Waals surface area contributed by atoms with Crippen LogP contribution < -0.4 is 10.2 Å². The average molecular weight is 440 g/mol. The van der Waals surface area contributed by atoms with E-state index in [0.29, 0.717) is 34.7 Å². The number of nitrogens with zero attached hydrogens (tertiary/aromatic N) is 5. The van der Waals surface area contributed by atoms with Crippen LogP contribution in [0, 0.1) is 13.8 Å². The number of hydrogen-bond acceptors (Lipinski definition) is 6. The molecule has 9 nitrogen and oxygen atoms in total. The van der Waals surface area contributed by atoms with Crippen LogP contribution in [0.1, 0.15) is 44.1 Å². The maximum absolute atomic E-state index is 12.7. The first kappa shape index (κ1) is 20.5. The number of nitrogens with one attached hydrogen (secondary N) is 1. The number of imide groups is 1. The number of aromatic nitrogens is 4. The molecule has 164 valence electrons. The fourth-order valence-corrected chi connectivity index (χ4v) is 4.13. The van der Waals surface area contributed by atoms with Crippen molar-refractivity contribution in [1.29, 1.82) is 0 Å². The molecule has 1 N–H and O–H groups in total. The number of amides is 3. The first-order chi connectivity index (χ1) is 15.9. The summed E-state index contributed by atoms with van der Waals surface area (Å²) in [6, 6.07) is 13.4. The Kier molecular flexibility index (Phi) is 4.93. The van der Waals surface area contributed by atoms with Gasteiger partial charge in [0.1, 0.15) is 6.33 Å². The second kappa shape index (κ2) is 7.94. The molecule has 0 radical (unpaired) electrons. The third-order valence-corrected chi connectivity index (χ3v) is 5.77. The molecular formula is C24H20N6O3. The lowest BCUT2D eigenvalue weighted by atomic mass is 10.1. The molecule has 5 rings (SSSR count). The van der Waals surface area contributed by atoms with E-state index in [4.69, 9.17) is 0 Å². The van der Waals surface area contributed by atoms with Gasteiger partial charge in [-0.25, -0.2) is 14.4 Å². The van der Waals surface area contributed by atoms with Gasteiger partial charge in [-0.05, 0) is 56.2 Å². The van der Waals surface area contributed by atoms with E-state index in [0.717, 1.165) is 21.9 Å². The van der Waals surface area contributed by atoms with Crippen LogP contribution in [0.5, 0.6) is 0 Å². The second-order valence-corrected chi connectivity index (χ2v) is 7.82. The van der Waals surface area contributed by atoms with Gasteiger partial charge in [0.25, 0.3) is 17.6 Å². The fraction of sp³-hybridized carbons (Fsp3) is 0.167. The van der Waals surface area contributed by atoms with Gasteiger partial charge in [0, 0.05) is 23.5 Å². The van der Waals surface area contributed by atoms with Crippen molar-refractivity contribution >= 4 is 34.9 Å². The normalized spacial score (nSPS) is 13.0. The molecule has 0 unspecified atom stereocenters. The maximum atomic E-state index is 12.7. The molecule has 2 aromatic heterocycles. The molecule has 0 saturated carbocycles. The van der Waals surface area contributed by atoms with Crippen molar-refractivity contribution in [2.75, 3.05) is 10.2 Å². The Balaban J connectivity index is 1.30. The molecule has 3 amide bonds. The summed E-state index contributed by atoms with van der Waals surface area (Å²) in [7, 11) is 0. The van der Waals surface area contributed by atoms with E-state index in [-0.39, 0.29) is 24.1 Å². The number of hydrogen-bond donors (Lipinski definition) is 1. The molecule has 4 aromatic rings. The van der Waals surface area contributed by atoms with Gasteiger partial charge in [-0.1, -0.05) is 18.2 Å². The van der Waals surface area contributed by atoms with Crippen LogP contribution in [-0.4, -0.2) is 37.3 Å². The minimum Gasteiger partial charge on any atom is -0.326 e. The highest BCUT2D eigenvalue weighted by Gasteiger charge is 2.36. The lowest BCUT2D eigenvalue weighted by Crippen LogP contribution is -2.29. The SMILES string of the molecule is Cc1nc2ncnn2c(C)c1CCC(=O)Nc1cccc(N2C(=O)c3ccccc3C2=O)c1. The van der Waals surface area contributed by atoms with E-state index in [2.05, 4.69) is 20.4 Å². The van der Waals surface area contributed by atoms with Gasteiger partial charge >= 0.3 is 0 Å². The highest BCUT2D eigenvalue weighted by molar-refractivity contribution is 6.34. The van der Waals surface area contributed by atoms with Crippen LogP contribution in [0.2, 0.25) is 0 Å². The standard InChI is InChI=1S/C24H20N6O3/c1-14-18(15(2)30-24(27-14)25-13-26-30)10-11-21(31)28-16-6-5-7-17(12-16)29-22(32)19-8-3-4-9-20(19)23(29)33/h3-9,12-13H,10-11H2,1-2H3,(H,28,31). The molecule has 0 saturated heterocycles. The smallest absolute Gasteiger partial charge is 0.266 e. The summed E-state index contributed by atoms with van der Waals surface area (Å²) < 4.78 is 1.66. The van der Waals surface area contributed by atoms with Gasteiger partial charge in [0.2, 0.25) is 5.91 Å². The molecule has 0 aliphatic carbocycles. The van der Waals surface area contributed by atoms with Gasteiger partial charge in [-0.3, -0.25) is 14.4 Å². The van der Waals surface area contributed by atoms with E-state index in [1.807, 2.05) is 13.8 Å². The van der Waals surface area contributed by atoms with Gasteiger partial charge in [0.15, 0.2) is 0 Å². The Morgan fingerprint density at radius 1 is 1.00 bits per heavy atom. The first-order valence-corrected chi connectivity index (χ1v) is 10.5. The number of rotatable bonds is 5. The quantitative estimate of drug-likeness (QED) is 0.478. The van der Waals surface area contributed by atoms with Crippen molar-refractivity contribution in [3.8, 4) is 0 Å². The van der Waals surface area contributed by atoms with Crippen molar-refractivity contribution in [1.82, 2.24) is 19.6 Å². The molecule has 3 heterocycles. The average Bonchev–Trinajstić information content (AvgIpc) is 3.37. The summed E-state index contributed by atoms with van der Waals surface area (Å²) in [5.74, 6) is -0.405. The Bertz CT molecular complexity index is 1410. The Morgan fingerprint density at radius 3 is 2.45 bits per heavy atom. The zero-order valence-electron chi connectivity index (χ0n) is 18.1. The Hall–Kier alpha value is -4.40. The van der Waals surface area contributed by atoms with Crippen molar-refractivity contribution in [2.45, 2.75) is 26.7 Å². The number of anilines is 2. The van der Waals surface area contributed by atoms with Crippen LogP contribution in [0.25, 0.3) is 5.78 Å². The zero-order valence-corrected chi connectivity index (χ0v) is 18.1. The largest absolute Gasteiger partial charge is 0.326 e. The van der Waals surface area contributed by atoms with Crippen LogP contribution in [0.15, 0.2) is 54.9 Å². The summed E-state index contributed by atoms with van der Waals surface area (Å²) in [6.45, 7) is 3.82. The molecule has 0 atom stereocenters. The van der Waals surface area contributed by atoms with E-state index in [1.54, 1.807) is 53.0 Å². The van der Waals surface area contributed by atoms with Gasteiger partial charge in [-0.15, -0.1) is 0 Å². The molecule has 0 fully saturated rings. The van der Waals surface area contributed by atoms with Gasteiger partial charge < -0.3 is 5.32 Å². The van der Waals surface area contributed by atoms with E-state index >= 15 is 0 Å². The van der Waals surface area contributed by atoms with Crippen molar-refractivity contribution in [2.24, 2.45) is 0 Å². The fourth-order valence-electron chi connectivity index (χ4n) is 4.13. The highest BCUT2D eigenvalue weighted by atomic mass is 16.2. The van der Waals surface area contributed by atoms with Crippen LogP contribution in [-0.2, 0) is 11.2 Å². The highest BCUT2D eigenvalue weighted by Crippen LogP contribution is 2.29. The number of benzene rings is 2. The summed E-state index contributed by atoms with van der Waals surface area (Å²) in [5.41, 5.74) is 4.33. The summed E-state index contributed by atoms with van der Waals surface area (Å²) >= 11 is 0. The van der Waals surface area contributed by atoms with Crippen LogP contribution in [0.3, 0.4) is 0 Å². The minimum atomic E-state index is -0.374. The molecule has 33 heavy (non-hydrogen) atoms. The third-order valence-electron chi connectivity index (χ3n) is 5.77. The predicted octanol–water partition coefficient (Wildman–Crippen LogP) is 3.11.